The number of nitrogens with one attached hydrogen (secondary N) is 1. The highest BCUT2D eigenvalue weighted by atomic mass is 15.2. The molecule has 0 saturated heterocycles. The van der Waals surface area contributed by atoms with E-state index in [9.17, 15) is 0 Å². The van der Waals surface area contributed by atoms with Gasteiger partial charge in [-0.1, -0.05) is 24.3 Å². The zero-order valence-corrected chi connectivity index (χ0v) is 11.6. The number of aromatic nitrogens is 2. The second-order valence-corrected chi connectivity index (χ2v) is 5.62. The molecule has 1 aliphatic heterocycles. The number of nitrogens with zero attached hydrogens (tertiary/aromatic N) is 3. The maximum atomic E-state index is 4.78. The summed E-state index contributed by atoms with van der Waals surface area (Å²) in [6, 6.07) is 10.7. The molecule has 4 rings (SSSR count). The largest absolute Gasteiger partial charge is 0.373 e. The van der Waals surface area contributed by atoms with E-state index in [0.29, 0.717) is 5.92 Å². The average molecular weight is 266 g/mol. The third-order valence-corrected chi connectivity index (χ3v) is 4.09. The van der Waals surface area contributed by atoms with E-state index in [1.165, 1.54) is 24.0 Å². The Kier molecular flexibility index (Phi) is 2.62. The van der Waals surface area contributed by atoms with E-state index < -0.39 is 0 Å². The van der Waals surface area contributed by atoms with Crippen molar-refractivity contribution in [3.63, 3.8) is 0 Å². The van der Waals surface area contributed by atoms with Crippen LogP contribution in [0.3, 0.4) is 0 Å². The predicted octanol–water partition coefficient (Wildman–Crippen LogP) is 2.92. The minimum absolute atomic E-state index is 0.576. The highest BCUT2D eigenvalue weighted by Crippen LogP contribution is 2.39. The minimum Gasteiger partial charge on any atom is -0.373 e. The second kappa shape index (κ2) is 4.47. The fourth-order valence-corrected chi connectivity index (χ4v) is 2.76. The highest BCUT2D eigenvalue weighted by molar-refractivity contribution is 5.53. The molecular formula is C16H18N4. The summed E-state index contributed by atoms with van der Waals surface area (Å²) in [5.41, 5.74) is 2.81. The maximum Gasteiger partial charge on any atom is 0.136 e. The smallest absolute Gasteiger partial charge is 0.136 e. The molecule has 1 saturated carbocycles. The molecule has 2 aliphatic rings. The molecule has 4 heteroatoms. The van der Waals surface area contributed by atoms with Gasteiger partial charge in [-0.2, -0.15) is 0 Å². The van der Waals surface area contributed by atoms with Gasteiger partial charge in [-0.15, -0.1) is 0 Å². The summed E-state index contributed by atoms with van der Waals surface area (Å²) >= 11 is 0. The third-order valence-electron chi connectivity index (χ3n) is 4.09. The van der Waals surface area contributed by atoms with Crippen LogP contribution in [-0.2, 0) is 13.1 Å². The van der Waals surface area contributed by atoms with Crippen molar-refractivity contribution in [2.75, 3.05) is 17.3 Å². The number of rotatable bonds is 3. The summed E-state index contributed by atoms with van der Waals surface area (Å²) < 4.78 is 0. The molecule has 20 heavy (non-hydrogen) atoms. The molecule has 0 unspecified atom stereocenters. The summed E-state index contributed by atoms with van der Waals surface area (Å²) in [5.74, 6) is 3.55. The van der Waals surface area contributed by atoms with E-state index in [0.717, 1.165) is 30.5 Å². The Bertz CT molecular complexity index is 624. The Balaban J connectivity index is 1.67. The molecule has 0 spiro atoms. The molecule has 2 aromatic rings. The number of hydrogen-bond donors (Lipinski definition) is 1. The summed E-state index contributed by atoms with van der Waals surface area (Å²) in [6.45, 7) is 1.89. The Morgan fingerprint density at radius 2 is 1.80 bits per heavy atom. The quantitative estimate of drug-likeness (QED) is 0.927. The summed E-state index contributed by atoms with van der Waals surface area (Å²) in [4.78, 5) is 11.7. The van der Waals surface area contributed by atoms with Gasteiger partial charge < -0.3 is 10.2 Å². The number of hydrogen-bond acceptors (Lipinski definition) is 4. The SMILES string of the molecule is CNc1cc(N2Cc3ccccc3C2)nc(C2CC2)n1. The lowest BCUT2D eigenvalue weighted by Gasteiger charge is -2.18. The number of fused-ring (bicyclic) bond motifs is 1. The van der Waals surface area contributed by atoms with Gasteiger partial charge in [-0.3, -0.25) is 0 Å². The highest BCUT2D eigenvalue weighted by Gasteiger charge is 2.28. The third kappa shape index (κ3) is 2.01. The van der Waals surface area contributed by atoms with Gasteiger partial charge in [-0.05, 0) is 24.0 Å². The molecule has 0 bridgehead atoms. The standard InChI is InChI=1S/C16H18N4/c1-17-14-8-15(19-16(18-14)11-6-7-11)20-9-12-4-2-3-5-13(12)10-20/h2-5,8,11H,6-7,9-10H2,1H3,(H,17,18,19). The zero-order chi connectivity index (χ0) is 13.5. The lowest BCUT2D eigenvalue weighted by Crippen LogP contribution is -2.17. The summed E-state index contributed by atoms with van der Waals surface area (Å²) in [7, 11) is 1.92. The molecule has 1 N–H and O–H groups in total. The Morgan fingerprint density at radius 1 is 1.10 bits per heavy atom. The first-order valence-electron chi connectivity index (χ1n) is 7.22. The van der Waals surface area contributed by atoms with Gasteiger partial charge in [-0.25, -0.2) is 9.97 Å². The van der Waals surface area contributed by atoms with Crippen molar-refractivity contribution in [1.29, 1.82) is 0 Å². The molecule has 4 nitrogen and oxygen atoms in total. The number of benzene rings is 1. The minimum atomic E-state index is 0.576. The van der Waals surface area contributed by atoms with E-state index >= 15 is 0 Å². The van der Waals surface area contributed by atoms with E-state index in [1.807, 2.05) is 7.05 Å². The molecule has 0 atom stereocenters. The molecule has 1 aliphatic carbocycles. The van der Waals surface area contributed by atoms with Crippen molar-refractivity contribution < 1.29 is 0 Å². The molecule has 102 valence electrons. The van der Waals surface area contributed by atoms with Crippen molar-refractivity contribution in [3.8, 4) is 0 Å². The first-order chi connectivity index (χ1) is 9.83. The Labute approximate surface area is 118 Å². The molecule has 1 aromatic carbocycles. The first-order valence-corrected chi connectivity index (χ1v) is 7.22. The lowest BCUT2D eigenvalue weighted by molar-refractivity contribution is 0.827. The van der Waals surface area contributed by atoms with Crippen LogP contribution in [0, 0.1) is 0 Å². The van der Waals surface area contributed by atoms with Crippen LogP contribution in [-0.4, -0.2) is 17.0 Å². The van der Waals surface area contributed by atoms with E-state index in [-0.39, 0.29) is 0 Å². The van der Waals surface area contributed by atoms with Crippen LogP contribution < -0.4 is 10.2 Å². The maximum absolute atomic E-state index is 4.78. The molecule has 1 fully saturated rings. The van der Waals surface area contributed by atoms with Crippen molar-refractivity contribution >= 4 is 11.6 Å². The summed E-state index contributed by atoms with van der Waals surface area (Å²) in [6.07, 6.45) is 2.46. The fraction of sp³-hybridized carbons (Fsp3) is 0.375. The second-order valence-electron chi connectivity index (χ2n) is 5.62. The van der Waals surface area contributed by atoms with Gasteiger partial charge >= 0.3 is 0 Å². The van der Waals surface area contributed by atoms with Crippen LogP contribution >= 0.6 is 0 Å². The van der Waals surface area contributed by atoms with Gasteiger partial charge in [0.25, 0.3) is 0 Å². The van der Waals surface area contributed by atoms with Gasteiger partial charge in [0.1, 0.15) is 17.5 Å². The van der Waals surface area contributed by atoms with E-state index in [2.05, 4.69) is 45.5 Å². The van der Waals surface area contributed by atoms with Gasteiger partial charge in [0.2, 0.25) is 0 Å². The lowest BCUT2D eigenvalue weighted by atomic mass is 10.1. The zero-order valence-electron chi connectivity index (χ0n) is 11.6. The molecule has 1 aromatic heterocycles. The molecule has 0 radical (unpaired) electrons. The van der Waals surface area contributed by atoms with Gasteiger partial charge in [0.15, 0.2) is 0 Å². The molecule has 2 heterocycles. The van der Waals surface area contributed by atoms with Gasteiger partial charge in [0.05, 0.1) is 0 Å². The van der Waals surface area contributed by atoms with Crippen LogP contribution in [0.15, 0.2) is 30.3 Å². The Morgan fingerprint density at radius 3 is 2.40 bits per heavy atom. The number of anilines is 2. The van der Waals surface area contributed by atoms with Crippen LogP contribution in [0.25, 0.3) is 0 Å². The molecular weight excluding hydrogens is 248 g/mol. The van der Waals surface area contributed by atoms with Crippen LogP contribution in [0.2, 0.25) is 0 Å². The predicted molar refractivity (Wildman–Crippen MR) is 79.9 cm³/mol. The average Bonchev–Trinajstić information content (AvgIpc) is 3.25. The summed E-state index contributed by atoms with van der Waals surface area (Å²) in [5, 5.41) is 3.16. The van der Waals surface area contributed by atoms with Crippen molar-refractivity contribution in [1.82, 2.24) is 9.97 Å². The van der Waals surface area contributed by atoms with Gasteiger partial charge in [0, 0.05) is 32.1 Å². The van der Waals surface area contributed by atoms with Crippen LogP contribution in [0.1, 0.15) is 35.7 Å². The fourth-order valence-electron chi connectivity index (χ4n) is 2.76. The molecule has 0 amide bonds. The monoisotopic (exact) mass is 266 g/mol. The first kappa shape index (κ1) is 11.7. The van der Waals surface area contributed by atoms with Crippen molar-refractivity contribution in [2.45, 2.75) is 31.8 Å². The topological polar surface area (TPSA) is 41.0 Å². The van der Waals surface area contributed by atoms with E-state index in [1.54, 1.807) is 0 Å². The van der Waals surface area contributed by atoms with Crippen molar-refractivity contribution in [2.24, 2.45) is 0 Å². The normalized spacial score (nSPS) is 17.1. The van der Waals surface area contributed by atoms with E-state index in [4.69, 9.17) is 4.98 Å². The van der Waals surface area contributed by atoms with Crippen LogP contribution in [0.4, 0.5) is 11.6 Å². The Hall–Kier alpha value is -2.10. The van der Waals surface area contributed by atoms with Crippen molar-refractivity contribution in [3.05, 3.63) is 47.3 Å². The van der Waals surface area contributed by atoms with Crippen LogP contribution in [0.5, 0.6) is 0 Å².